The Morgan fingerprint density at radius 2 is 1.54 bits per heavy atom. The largest absolute Gasteiger partial charge is 0.309 e. The van der Waals surface area contributed by atoms with Crippen LogP contribution in [0.2, 0.25) is 0 Å². The van der Waals surface area contributed by atoms with Crippen molar-refractivity contribution in [3.05, 3.63) is 121 Å². The maximum absolute atomic E-state index is 4.77. The second-order valence-electron chi connectivity index (χ2n) is 9.93. The second kappa shape index (κ2) is 6.83. The van der Waals surface area contributed by atoms with E-state index in [0.29, 0.717) is 0 Å². The maximum atomic E-state index is 4.77. The molecular weight excluding hydrogens is 452 g/mol. The van der Waals surface area contributed by atoms with E-state index < -0.39 is 0 Å². The number of pyridine rings is 2. The van der Waals surface area contributed by atoms with E-state index in [1.54, 1.807) is 0 Å². The van der Waals surface area contributed by atoms with Crippen LogP contribution in [0.25, 0.3) is 65.9 Å². The van der Waals surface area contributed by atoms with E-state index in [-0.39, 0.29) is 0 Å². The fraction of sp³-hybridized carbons (Fsp3) is 0.0303. The maximum Gasteiger partial charge on any atom is 0.145 e. The molecule has 0 radical (unpaired) electrons. The monoisotopic (exact) mass is 472 g/mol. The highest BCUT2D eigenvalue weighted by atomic mass is 15.0. The SMILES string of the molecule is c1ccc(-n2c3cc4c5cnccc5n5ccnc5c4cc3c3ccc4c(c32)-c2ccccc2C4)cc1. The van der Waals surface area contributed by atoms with Gasteiger partial charge in [-0.05, 0) is 58.8 Å². The molecular formula is C33H20N4. The van der Waals surface area contributed by atoms with Gasteiger partial charge in [0.2, 0.25) is 0 Å². The average Bonchev–Trinajstić information content (AvgIpc) is 3.66. The van der Waals surface area contributed by atoms with E-state index in [2.05, 4.69) is 98.9 Å². The van der Waals surface area contributed by atoms with Crippen LogP contribution in [-0.2, 0) is 6.42 Å². The van der Waals surface area contributed by atoms with Crippen molar-refractivity contribution in [2.24, 2.45) is 0 Å². The molecule has 0 bridgehead atoms. The number of fused-ring (bicyclic) bond motifs is 13. The van der Waals surface area contributed by atoms with Gasteiger partial charge in [-0.2, -0.15) is 0 Å². The van der Waals surface area contributed by atoms with Crippen LogP contribution in [0.1, 0.15) is 11.1 Å². The van der Waals surface area contributed by atoms with E-state index in [1.165, 1.54) is 55.1 Å². The van der Waals surface area contributed by atoms with Crippen LogP contribution in [0.3, 0.4) is 0 Å². The first-order chi connectivity index (χ1) is 18.4. The van der Waals surface area contributed by atoms with Crippen molar-refractivity contribution in [2.45, 2.75) is 6.42 Å². The zero-order valence-corrected chi connectivity index (χ0v) is 19.9. The molecule has 0 aliphatic heterocycles. The molecule has 4 nitrogen and oxygen atoms in total. The average molecular weight is 473 g/mol. The van der Waals surface area contributed by atoms with Gasteiger partial charge in [0.1, 0.15) is 5.65 Å². The first-order valence-corrected chi connectivity index (χ1v) is 12.6. The Morgan fingerprint density at radius 1 is 0.649 bits per heavy atom. The smallest absolute Gasteiger partial charge is 0.145 e. The quantitative estimate of drug-likeness (QED) is 0.229. The first kappa shape index (κ1) is 19.3. The molecule has 9 rings (SSSR count). The third-order valence-electron chi connectivity index (χ3n) is 8.07. The summed E-state index contributed by atoms with van der Waals surface area (Å²) in [5, 5.41) is 5.96. The number of hydrogen-bond acceptors (Lipinski definition) is 2. The molecule has 4 aromatic carbocycles. The third-order valence-corrected chi connectivity index (χ3v) is 8.07. The highest BCUT2D eigenvalue weighted by molar-refractivity contribution is 6.22. The van der Waals surface area contributed by atoms with E-state index in [0.717, 1.165) is 28.4 Å². The van der Waals surface area contributed by atoms with Crippen LogP contribution in [0.5, 0.6) is 0 Å². The van der Waals surface area contributed by atoms with Gasteiger partial charge in [-0.3, -0.25) is 9.38 Å². The van der Waals surface area contributed by atoms with Gasteiger partial charge in [-0.15, -0.1) is 0 Å². The van der Waals surface area contributed by atoms with E-state index in [1.807, 2.05) is 24.8 Å². The number of imidazole rings is 1. The minimum Gasteiger partial charge on any atom is -0.309 e. The number of para-hydroxylation sites is 1. The van der Waals surface area contributed by atoms with Crippen molar-refractivity contribution in [3.8, 4) is 16.8 Å². The van der Waals surface area contributed by atoms with Crippen LogP contribution in [0.4, 0.5) is 0 Å². The summed E-state index contributed by atoms with van der Waals surface area (Å²) >= 11 is 0. The van der Waals surface area contributed by atoms with Crippen LogP contribution in [0.15, 0.2) is 110 Å². The van der Waals surface area contributed by atoms with Crippen LogP contribution in [-0.4, -0.2) is 18.9 Å². The molecule has 4 heteroatoms. The molecule has 0 amide bonds. The zero-order chi connectivity index (χ0) is 24.1. The number of benzene rings is 4. The van der Waals surface area contributed by atoms with Crippen molar-refractivity contribution < 1.29 is 0 Å². The summed E-state index contributed by atoms with van der Waals surface area (Å²) in [6, 6.07) is 31.0. The lowest BCUT2D eigenvalue weighted by Gasteiger charge is -2.12. The topological polar surface area (TPSA) is 35.1 Å². The molecule has 0 spiro atoms. The molecule has 1 aliphatic carbocycles. The van der Waals surface area contributed by atoms with Gasteiger partial charge in [-0.25, -0.2) is 4.98 Å². The lowest BCUT2D eigenvalue weighted by molar-refractivity contribution is 1.18. The normalized spacial score (nSPS) is 12.8. The van der Waals surface area contributed by atoms with Gasteiger partial charge in [0, 0.05) is 57.6 Å². The number of hydrogen-bond donors (Lipinski definition) is 0. The molecule has 0 N–H and O–H groups in total. The Balaban J connectivity index is 1.55. The minimum atomic E-state index is 0.975. The van der Waals surface area contributed by atoms with Crippen LogP contribution in [0, 0.1) is 0 Å². The summed E-state index contributed by atoms with van der Waals surface area (Å²) in [7, 11) is 0. The molecule has 1 aliphatic rings. The fourth-order valence-corrected chi connectivity index (χ4v) is 6.52. The highest BCUT2D eigenvalue weighted by Gasteiger charge is 2.25. The summed E-state index contributed by atoms with van der Waals surface area (Å²) < 4.78 is 4.64. The van der Waals surface area contributed by atoms with Crippen LogP contribution >= 0.6 is 0 Å². The Bertz CT molecular complexity index is 2220. The van der Waals surface area contributed by atoms with Gasteiger partial charge >= 0.3 is 0 Å². The van der Waals surface area contributed by atoms with Gasteiger partial charge in [0.15, 0.2) is 0 Å². The van der Waals surface area contributed by atoms with Crippen molar-refractivity contribution in [3.63, 3.8) is 0 Å². The van der Waals surface area contributed by atoms with Gasteiger partial charge < -0.3 is 4.57 Å². The lowest BCUT2D eigenvalue weighted by atomic mass is 10.0. The predicted molar refractivity (Wildman–Crippen MR) is 151 cm³/mol. The van der Waals surface area contributed by atoms with Gasteiger partial charge in [0.25, 0.3) is 0 Å². The first-order valence-electron chi connectivity index (χ1n) is 12.6. The van der Waals surface area contributed by atoms with Crippen LogP contribution < -0.4 is 0 Å². The van der Waals surface area contributed by atoms with Crippen molar-refractivity contribution in [1.82, 2.24) is 18.9 Å². The molecule has 0 unspecified atom stereocenters. The summed E-state index contributed by atoms with van der Waals surface area (Å²) in [5.41, 5.74) is 11.2. The Kier molecular flexibility index (Phi) is 3.55. The molecule has 0 atom stereocenters. The van der Waals surface area contributed by atoms with E-state index >= 15 is 0 Å². The molecule has 172 valence electrons. The van der Waals surface area contributed by atoms with Gasteiger partial charge in [0.05, 0.1) is 16.6 Å². The molecule has 4 aromatic heterocycles. The number of aromatic nitrogens is 4. The number of nitrogens with zero attached hydrogens (tertiary/aromatic N) is 4. The Morgan fingerprint density at radius 3 is 2.49 bits per heavy atom. The molecule has 0 fully saturated rings. The van der Waals surface area contributed by atoms with Crippen molar-refractivity contribution >= 4 is 49.1 Å². The molecule has 8 aromatic rings. The lowest BCUT2D eigenvalue weighted by Crippen LogP contribution is -1.96. The van der Waals surface area contributed by atoms with Crippen molar-refractivity contribution in [2.75, 3.05) is 0 Å². The fourth-order valence-electron chi connectivity index (χ4n) is 6.52. The van der Waals surface area contributed by atoms with E-state index in [4.69, 9.17) is 4.98 Å². The summed E-state index contributed by atoms with van der Waals surface area (Å²) in [6.07, 6.45) is 8.74. The molecule has 0 saturated heterocycles. The summed E-state index contributed by atoms with van der Waals surface area (Å²) in [6.45, 7) is 0. The summed E-state index contributed by atoms with van der Waals surface area (Å²) in [4.78, 5) is 9.26. The third kappa shape index (κ3) is 2.42. The molecule has 37 heavy (non-hydrogen) atoms. The number of rotatable bonds is 1. The zero-order valence-electron chi connectivity index (χ0n) is 19.9. The minimum absolute atomic E-state index is 0.975. The Hall–Kier alpha value is -4.96. The Labute approximate surface area is 212 Å². The summed E-state index contributed by atoms with van der Waals surface area (Å²) in [5.74, 6) is 0. The highest BCUT2D eigenvalue weighted by Crippen LogP contribution is 2.46. The standard InChI is InChI=1S/C33H20N4/c1-2-7-22(8-3-1)37-30-18-25-27(33-35-14-15-36(33)29-12-13-34-19-28(25)29)17-26(30)24-11-10-21-16-20-6-4-5-9-23(20)31(21)32(24)37/h1-15,17-19H,16H2. The molecule has 0 saturated carbocycles. The molecule has 4 heterocycles. The van der Waals surface area contributed by atoms with Gasteiger partial charge in [-0.1, -0.05) is 54.6 Å². The predicted octanol–water partition coefficient (Wildman–Crippen LogP) is 7.70. The second-order valence-corrected chi connectivity index (χ2v) is 9.93. The van der Waals surface area contributed by atoms with Crippen molar-refractivity contribution in [1.29, 1.82) is 0 Å². The van der Waals surface area contributed by atoms with E-state index in [9.17, 15) is 0 Å².